The third-order valence-electron chi connectivity index (χ3n) is 6.71. The number of nitrogens with zero attached hydrogens (tertiary/aromatic N) is 1. The van der Waals surface area contributed by atoms with Crippen LogP contribution in [0.5, 0.6) is 5.75 Å². The lowest BCUT2D eigenvalue weighted by Crippen LogP contribution is -2.46. The molecule has 8 heteroatoms. The molecule has 3 aromatic rings. The van der Waals surface area contributed by atoms with Crippen LogP contribution in [-0.4, -0.2) is 33.0 Å². The Balaban J connectivity index is 1.58. The normalized spacial score (nSPS) is 21.3. The van der Waals surface area contributed by atoms with Crippen molar-refractivity contribution in [2.45, 2.75) is 43.6 Å². The van der Waals surface area contributed by atoms with Crippen LogP contribution in [0.2, 0.25) is 0 Å². The lowest BCUT2D eigenvalue weighted by atomic mass is 9.84. The number of carbonyl (C=O) groups is 1. The molecule has 7 nitrogen and oxygen atoms in total. The zero-order chi connectivity index (χ0) is 23.4. The summed E-state index contributed by atoms with van der Waals surface area (Å²) in [4.78, 5) is 18.2. The third kappa shape index (κ3) is 3.67. The highest BCUT2D eigenvalue weighted by atomic mass is 32.2. The number of fused-ring (bicyclic) bond motifs is 1. The summed E-state index contributed by atoms with van der Waals surface area (Å²) >= 11 is 0. The van der Waals surface area contributed by atoms with Gasteiger partial charge in [-0.05, 0) is 74.9 Å². The predicted molar refractivity (Wildman–Crippen MR) is 123 cm³/mol. The molecule has 2 aromatic carbocycles. The molecule has 0 radical (unpaired) electrons. The van der Waals surface area contributed by atoms with E-state index in [1.807, 2.05) is 26.0 Å². The first-order valence-corrected chi connectivity index (χ1v) is 12.4. The van der Waals surface area contributed by atoms with E-state index in [2.05, 4.69) is 9.71 Å². The second-order valence-electron chi connectivity index (χ2n) is 9.21. The van der Waals surface area contributed by atoms with Crippen LogP contribution in [0, 0.1) is 19.3 Å². The lowest BCUT2D eigenvalue weighted by molar-refractivity contribution is -0.140. The van der Waals surface area contributed by atoms with Crippen molar-refractivity contribution < 1.29 is 22.7 Å². The second kappa shape index (κ2) is 7.53. The summed E-state index contributed by atoms with van der Waals surface area (Å²) in [6.07, 6.45) is 2.33. The number of aryl methyl sites for hydroxylation is 2. The van der Waals surface area contributed by atoms with Gasteiger partial charge in [0.05, 0.1) is 24.1 Å². The number of hydrogen-bond donors (Lipinski definition) is 1. The Bertz CT molecular complexity index is 1380. The van der Waals surface area contributed by atoms with Crippen molar-refractivity contribution in [2.75, 3.05) is 13.7 Å². The largest absolute Gasteiger partial charge is 0.496 e. The maximum absolute atomic E-state index is 13.8. The van der Waals surface area contributed by atoms with Gasteiger partial charge in [-0.2, -0.15) is 0 Å². The van der Waals surface area contributed by atoms with Gasteiger partial charge in [0, 0.05) is 16.6 Å². The Labute approximate surface area is 193 Å². The van der Waals surface area contributed by atoms with E-state index in [4.69, 9.17) is 9.47 Å². The molecule has 172 valence electrons. The number of nitrogens with one attached hydrogen (secondary N) is 1. The number of rotatable bonds is 5. The van der Waals surface area contributed by atoms with Gasteiger partial charge in [0.25, 0.3) is 15.9 Å². The van der Waals surface area contributed by atoms with Gasteiger partial charge in [0.15, 0.2) is 5.60 Å². The molecule has 2 fully saturated rings. The van der Waals surface area contributed by atoms with Gasteiger partial charge in [-0.1, -0.05) is 17.7 Å². The van der Waals surface area contributed by atoms with E-state index in [1.54, 1.807) is 30.3 Å². The van der Waals surface area contributed by atoms with Crippen molar-refractivity contribution in [1.29, 1.82) is 0 Å². The summed E-state index contributed by atoms with van der Waals surface area (Å²) < 4.78 is 40.9. The molecule has 1 amide bonds. The standard InChI is InChI=1S/C25H26N2O5S/c1-16-7-10-21(31-3)19(13-16)25(14-24(11-12-24)15-32-25)23(28)27-33(29,30)22-6-4-5-20-18(22)9-8-17(2)26-20/h4-10,13H,11-12,14-15H2,1-3H3,(H,27,28)/t25-/m0/s1. The minimum absolute atomic E-state index is 0.00587. The summed E-state index contributed by atoms with van der Waals surface area (Å²) in [5, 5.41) is 0.455. The van der Waals surface area contributed by atoms with Crippen LogP contribution in [0.1, 0.15) is 36.1 Å². The number of amides is 1. The molecule has 1 saturated carbocycles. The maximum Gasteiger partial charge on any atom is 0.270 e. The minimum atomic E-state index is -4.19. The minimum Gasteiger partial charge on any atom is -0.496 e. The number of aromatic nitrogens is 1. The van der Waals surface area contributed by atoms with Crippen LogP contribution in [-0.2, 0) is 25.2 Å². The van der Waals surface area contributed by atoms with E-state index in [9.17, 15) is 13.2 Å². The number of pyridine rings is 1. The molecule has 1 aliphatic carbocycles. The Morgan fingerprint density at radius 1 is 1.12 bits per heavy atom. The second-order valence-corrected chi connectivity index (χ2v) is 10.9. The van der Waals surface area contributed by atoms with Crippen molar-refractivity contribution >= 4 is 26.8 Å². The van der Waals surface area contributed by atoms with Crippen LogP contribution in [0.25, 0.3) is 10.9 Å². The monoisotopic (exact) mass is 466 g/mol. The highest BCUT2D eigenvalue weighted by molar-refractivity contribution is 7.90. The topological polar surface area (TPSA) is 94.6 Å². The zero-order valence-electron chi connectivity index (χ0n) is 18.8. The van der Waals surface area contributed by atoms with E-state index >= 15 is 0 Å². The SMILES string of the molecule is COc1ccc(C)cc1[C@]1(C(=O)NS(=O)(=O)c2cccc3nc(C)ccc23)CC2(CC2)CO1. The van der Waals surface area contributed by atoms with E-state index in [1.165, 1.54) is 13.2 Å². The fourth-order valence-electron chi connectivity index (χ4n) is 4.71. The number of methoxy groups -OCH3 is 1. The summed E-state index contributed by atoms with van der Waals surface area (Å²) in [6, 6.07) is 13.8. The molecule has 0 unspecified atom stereocenters. The number of sulfonamides is 1. The summed E-state index contributed by atoms with van der Waals surface area (Å²) in [5.41, 5.74) is 1.28. The molecule has 0 bridgehead atoms. The number of ether oxygens (including phenoxy) is 2. The molecule has 33 heavy (non-hydrogen) atoms. The molecule has 1 spiro atoms. The van der Waals surface area contributed by atoms with Gasteiger partial charge < -0.3 is 9.47 Å². The van der Waals surface area contributed by atoms with Crippen molar-refractivity contribution in [2.24, 2.45) is 5.41 Å². The van der Waals surface area contributed by atoms with Crippen LogP contribution in [0.15, 0.2) is 53.4 Å². The van der Waals surface area contributed by atoms with Gasteiger partial charge >= 0.3 is 0 Å². The predicted octanol–water partition coefficient (Wildman–Crippen LogP) is 3.76. The molecule has 1 N–H and O–H groups in total. The summed E-state index contributed by atoms with van der Waals surface area (Å²) in [7, 11) is -2.66. The molecule has 1 saturated heterocycles. The van der Waals surface area contributed by atoms with Gasteiger partial charge in [0.2, 0.25) is 0 Å². The number of hydrogen-bond acceptors (Lipinski definition) is 6. The van der Waals surface area contributed by atoms with E-state index in [-0.39, 0.29) is 10.3 Å². The van der Waals surface area contributed by atoms with Crippen molar-refractivity contribution in [3.63, 3.8) is 0 Å². The average Bonchev–Trinajstić information content (AvgIpc) is 3.42. The molecule has 1 aliphatic heterocycles. The van der Waals surface area contributed by atoms with E-state index < -0.39 is 21.5 Å². The van der Waals surface area contributed by atoms with Crippen molar-refractivity contribution in [3.05, 3.63) is 65.4 Å². The molecular formula is C25H26N2O5S. The zero-order valence-corrected chi connectivity index (χ0v) is 19.7. The van der Waals surface area contributed by atoms with Crippen LogP contribution < -0.4 is 9.46 Å². The summed E-state index contributed by atoms with van der Waals surface area (Å²) in [6.45, 7) is 4.17. The number of benzene rings is 2. The highest BCUT2D eigenvalue weighted by Crippen LogP contribution is 2.60. The van der Waals surface area contributed by atoms with Crippen molar-refractivity contribution in [1.82, 2.24) is 9.71 Å². The highest BCUT2D eigenvalue weighted by Gasteiger charge is 2.61. The smallest absolute Gasteiger partial charge is 0.270 e. The van der Waals surface area contributed by atoms with Crippen LogP contribution in [0.3, 0.4) is 0 Å². The quantitative estimate of drug-likeness (QED) is 0.615. The van der Waals surface area contributed by atoms with Crippen LogP contribution in [0.4, 0.5) is 0 Å². The molecule has 5 rings (SSSR count). The molecule has 1 atom stereocenters. The fourth-order valence-corrected chi connectivity index (χ4v) is 5.94. The first kappa shape index (κ1) is 21.9. The van der Waals surface area contributed by atoms with Gasteiger partial charge in [-0.3, -0.25) is 9.78 Å². The lowest BCUT2D eigenvalue weighted by Gasteiger charge is -2.29. The first-order chi connectivity index (χ1) is 15.7. The Morgan fingerprint density at radius 3 is 2.61 bits per heavy atom. The van der Waals surface area contributed by atoms with E-state index in [0.717, 1.165) is 24.1 Å². The average molecular weight is 467 g/mol. The molecule has 2 aliphatic rings. The van der Waals surface area contributed by atoms with Gasteiger partial charge in [-0.15, -0.1) is 0 Å². The van der Waals surface area contributed by atoms with Crippen molar-refractivity contribution in [3.8, 4) is 5.75 Å². The Kier molecular flexibility index (Phi) is 4.99. The first-order valence-electron chi connectivity index (χ1n) is 10.9. The summed E-state index contributed by atoms with van der Waals surface area (Å²) in [5.74, 6) is -0.206. The molecule has 1 aromatic heterocycles. The Morgan fingerprint density at radius 2 is 1.91 bits per heavy atom. The van der Waals surface area contributed by atoms with Crippen LogP contribution >= 0.6 is 0 Å². The third-order valence-corrected chi connectivity index (χ3v) is 8.10. The molecule has 2 heterocycles. The van der Waals surface area contributed by atoms with Gasteiger partial charge in [-0.25, -0.2) is 13.1 Å². The Hall–Kier alpha value is -2.97. The molecular weight excluding hydrogens is 440 g/mol. The van der Waals surface area contributed by atoms with E-state index in [0.29, 0.717) is 35.2 Å². The fraction of sp³-hybridized carbons (Fsp3) is 0.360. The maximum atomic E-state index is 13.8. The number of carbonyl (C=O) groups excluding carboxylic acids is 1. The van der Waals surface area contributed by atoms with Gasteiger partial charge in [0.1, 0.15) is 5.75 Å².